The summed E-state index contributed by atoms with van der Waals surface area (Å²) < 4.78 is 31.4. The molecule has 2 unspecified atom stereocenters. The van der Waals surface area contributed by atoms with Gasteiger partial charge in [0.05, 0.1) is 11.4 Å². The van der Waals surface area contributed by atoms with Gasteiger partial charge in [0.15, 0.2) is 0 Å². The van der Waals surface area contributed by atoms with Crippen molar-refractivity contribution >= 4 is 10.1 Å². The van der Waals surface area contributed by atoms with Crippen molar-refractivity contribution in [2.75, 3.05) is 0 Å². The Morgan fingerprint density at radius 2 is 0.931 bits per heavy atom. The molecule has 0 radical (unpaired) electrons. The van der Waals surface area contributed by atoms with Crippen LogP contribution in [0, 0.1) is 0 Å². The molecule has 0 aromatic rings. The first-order chi connectivity index (χ1) is 13.9. The van der Waals surface area contributed by atoms with Gasteiger partial charge in [0.25, 0.3) is 10.1 Å². The third kappa shape index (κ3) is 19.6. The number of aliphatic hydroxyl groups is 1. The maximum atomic E-state index is 11.2. The van der Waals surface area contributed by atoms with E-state index in [2.05, 4.69) is 6.92 Å². The number of hydrogen-bond acceptors (Lipinski definition) is 3. The molecule has 0 aromatic heterocycles. The minimum Gasteiger partial charge on any atom is -0.393 e. The van der Waals surface area contributed by atoms with Crippen LogP contribution in [0.3, 0.4) is 0 Å². The molecule has 29 heavy (non-hydrogen) atoms. The first-order valence-corrected chi connectivity index (χ1v) is 14.1. The fourth-order valence-electron chi connectivity index (χ4n) is 4.03. The van der Waals surface area contributed by atoms with Crippen LogP contribution in [0.5, 0.6) is 0 Å². The molecule has 2 atom stereocenters. The van der Waals surface area contributed by atoms with Crippen LogP contribution in [0.1, 0.15) is 142 Å². The Bertz CT molecular complexity index is 436. The largest absolute Gasteiger partial charge is 0.393 e. The molecule has 0 spiro atoms. The van der Waals surface area contributed by atoms with E-state index < -0.39 is 15.4 Å². The van der Waals surface area contributed by atoms with Crippen LogP contribution in [-0.4, -0.2) is 29.4 Å². The fraction of sp³-hybridized carbons (Fsp3) is 1.00. The van der Waals surface area contributed by atoms with Crippen LogP contribution in [0.15, 0.2) is 0 Å². The summed E-state index contributed by atoms with van der Waals surface area (Å²) in [6.07, 6.45) is 22.6. The lowest BCUT2D eigenvalue weighted by Crippen LogP contribution is -2.19. The summed E-state index contributed by atoms with van der Waals surface area (Å²) in [6, 6.07) is 0. The quantitative estimate of drug-likeness (QED) is 0.137. The van der Waals surface area contributed by atoms with Crippen molar-refractivity contribution in [3.8, 4) is 0 Å². The van der Waals surface area contributed by atoms with E-state index in [0.717, 1.165) is 38.5 Å². The van der Waals surface area contributed by atoms with E-state index in [1.807, 2.05) is 0 Å². The topological polar surface area (TPSA) is 74.6 Å². The van der Waals surface area contributed by atoms with Crippen LogP contribution in [-0.2, 0) is 10.1 Å². The molecule has 0 saturated carbocycles. The fourth-order valence-corrected chi connectivity index (χ4v) is 4.92. The maximum absolute atomic E-state index is 11.2. The predicted octanol–water partition coefficient (Wildman–Crippen LogP) is 7.45. The Kier molecular flexibility index (Phi) is 19.7. The second-order valence-corrected chi connectivity index (χ2v) is 10.6. The van der Waals surface area contributed by atoms with Crippen molar-refractivity contribution in [1.29, 1.82) is 0 Å². The summed E-state index contributed by atoms with van der Waals surface area (Å²) in [5, 5.41) is 9.45. The molecule has 0 aliphatic carbocycles. The molecular formula is C24H50O4S. The third-order valence-corrected chi connectivity index (χ3v) is 7.49. The molecule has 5 heteroatoms. The highest BCUT2D eigenvalue weighted by Crippen LogP contribution is 2.17. The van der Waals surface area contributed by atoms with Gasteiger partial charge in [-0.1, -0.05) is 117 Å². The monoisotopic (exact) mass is 434 g/mol. The molecule has 0 amide bonds. The Balaban J connectivity index is 3.35. The molecule has 0 heterocycles. The molecule has 2 N–H and O–H groups in total. The SMILES string of the molecule is CCCCCCCCCCCCCCCC(O)CCCCCC(CC)S(=O)(=O)O. The van der Waals surface area contributed by atoms with E-state index in [0.29, 0.717) is 12.8 Å². The molecule has 0 rings (SSSR count). The average Bonchev–Trinajstić information content (AvgIpc) is 2.67. The van der Waals surface area contributed by atoms with Crippen molar-refractivity contribution in [2.24, 2.45) is 0 Å². The zero-order valence-electron chi connectivity index (χ0n) is 19.4. The normalized spacial score (nSPS) is 14.2. The maximum Gasteiger partial charge on any atom is 0.267 e. The van der Waals surface area contributed by atoms with E-state index in [9.17, 15) is 13.5 Å². The number of unbranched alkanes of at least 4 members (excludes halogenated alkanes) is 14. The van der Waals surface area contributed by atoms with E-state index >= 15 is 0 Å². The second-order valence-electron chi connectivity index (χ2n) is 8.87. The number of rotatable bonds is 22. The first kappa shape index (κ1) is 28.9. The van der Waals surface area contributed by atoms with Crippen molar-refractivity contribution in [2.45, 2.75) is 154 Å². The Morgan fingerprint density at radius 3 is 1.31 bits per heavy atom. The summed E-state index contributed by atoms with van der Waals surface area (Å²) >= 11 is 0. The number of hydrogen-bond donors (Lipinski definition) is 2. The van der Waals surface area contributed by atoms with Crippen molar-refractivity contribution in [1.82, 2.24) is 0 Å². The third-order valence-electron chi connectivity index (χ3n) is 6.08. The molecule has 4 nitrogen and oxygen atoms in total. The lowest BCUT2D eigenvalue weighted by Gasteiger charge is -2.12. The minimum absolute atomic E-state index is 0.216. The molecular weight excluding hydrogens is 384 g/mol. The van der Waals surface area contributed by atoms with Gasteiger partial charge in [0.2, 0.25) is 0 Å². The molecule has 0 fully saturated rings. The van der Waals surface area contributed by atoms with Gasteiger partial charge >= 0.3 is 0 Å². The summed E-state index contributed by atoms with van der Waals surface area (Å²) in [6.45, 7) is 4.06. The minimum atomic E-state index is -3.90. The molecule has 176 valence electrons. The van der Waals surface area contributed by atoms with Gasteiger partial charge < -0.3 is 5.11 Å². The lowest BCUT2D eigenvalue weighted by atomic mass is 10.0. The first-order valence-electron chi connectivity index (χ1n) is 12.6. The van der Waals surface area contributed by atoms with Crippen LogP contribution in [0.25, 0.3) is 0 Å². The smallest absolute Gasteiger partial charge is 0.267 e. The van der Waals surface area contributed by atoms with Crippen LogP contribution < -0.4 is 0 Å². The summed E-state index contributed by atoms with van der Waals surface area (Å²) in [7, 11) is -3.90. The predicted molar refractivity (Wildman–Crippen MR) is 125 cm³/mol. The Morgan fingerprint density at radius 1 is 0.586 bits per heavy atom. The van der Waals surface area contributed by atoms with Gasteiger partial charge in [0, 0.05) is 0 Å². The zero-order valence-corrected chi connectivity index (χ0v) is 20.2. The van der Waals surface area contributed by atoms with Crippen LogP contribution in [0.2, 0.25) is 0 Å². The lowest BCUT2D eigenvalue weighted by molar-refractivity contribution is 0.147. The van der Waals surface area contributed by atoms with Gasteiger partial charge in [-0.2, -0.15) is 8.42 Å². The molecule has 0 aliphatic rings. The van der Waals surface area contributed by atoms with Gasteiger partial charge in [-0.25, -0.2) is 0 Å². The van der Waals surface area contributed by atoms with Crippen molar-refractivity contribution in [3.05, 3.63) is 0 Å². The zero-order chi connectivity index (χ0) is 21.8. The van der Waals surface area contributed by atoms with Gasteiger partial charge in [-0.3, -0.25) is 4.55 Å². The summed E-state index contributed by atoms with van der Waals surface area (Å²) in [5.74, 6) is 0. The molecule has 0 bridgehead atoms. The highest BCUT2D eigenvalue weighted by Gasteiger charge is 2.19. The van der Waals surface area contributed by atoms with Crippen LogP contribution in [0.4, 0.5) is 0 Å². The van der Waals surface area contributed by atoms with Crippen molar-refractivity contribution < 1.29 is 18.1 Å². The van der Waals surface area contributed by atoms with E-state index in [-0.39, 0.29) is 6.10 Å². The van der Waals surface area contributed by atoms with Gasteiger partial charge in [-0.15, -0.1) is 0 Å². The number of aliphatic hydroxyl groups excluding tert-OH is 1. The summed E-state index contributed by atoms with van der Waals surface area (Å²) in [4.78, 5) is 0. The standard InChI is InChI=1S/C24H50O4S/c1-3-5-6-7-8-9-10-11-12-13-14-15-17-20-23(25)21-18-16-19-22-24(4-2)29(26,27)28/h23-25H,3-22H2,1-2H3,(H,26,27,28). The van der Waals surface area contributed by atoms with Crippen molar-refractivity contribution in [3.63, 3.8) is 0 Å². The van der Waals surface area contributed by atoms with Gasteiger partial charge in [-0.05, 0) is 25.7 Å². The van der Waals surface area contributed by atoms with E-state index in [4.69, 9.17) is 4.55 Å². The highest BCUT2D eigenvalue weighted by atomic mass is 32.2. The van der Waals surface area contributed by atoms with Crippen LogP contribution >= 0.6 is 0 Å². The Labute approximate surface area is 182 Å². The molecule has 0 aromatic carbocycles. The Hall–Kier alpha value is -0.130. The van der Waals surface area contributed by atoms with Gasteiger partial charge in [0.1, 0.15) is 0 Å². The van der Waals surface area contributed by atoms with E-state index in [1.165, 1.54) is 77.0 Å². The molecule has 0 aliphatic heterocycles. The second kappa shape index (κ2) is 19.8. The van der Waals surface area contributed by atoms with E-state index in [1.54, 1.807) is 6.92 Å². The average molecular weight is 435 g/mol. The summed E-state index contributed by atoms with van der Waals surface area (Å²) in [5.41, 5.74) is 0. The highest BCUT2D eigenvalue weighted by molar-refractivity contribution is 7.86. The molecule has 0 saturated heterocycles.